The summed E-state index contributed by atoms with van der Waals surface area (Å²) in [4.78, 5) is 23.4. The lowest BCUT2D eigenvalue weighted by Gasteiger charge is -2.48. The fourth-order valence-electron chi connectivity index (χ4n) is 5.06. The quantitative estimate of drug-likeness (QED) is 0.585. The number of carbonyl (C=O) groups excluding carboxylic acids is 2. The van der Waals surface area contributed by atoms with Crippen LogP contribution in [0.1, 0.15) is 50.2 Å². The highest BCUT2D eigenvalue weighted by molar-refractivity contribution is 5.97. The molecule has 3 aliphatic rings. The lowest BCUT2D eigenvalue weighted by Crippen LogP contribution is -2.42. The van der Waals surface area contributed by atoms with Crippen LogP contribution < -0.4 is 4.74 Å². The van der Waals surface area contributed by atoms with E-state index in [1.165, 1.54) is 18.1 Å². The summed E-state index contributed by atoms with van der Waals surface area (Å²) in [6.45, 7) is 3.58. The van der Waals surface area contributed by atoms with Crippen molar-refractivity contribution in [2.45, 2.75) is 45.4 Å². The number of fused-ring (bicyclic) bond motifs is 5. The average Bonchev–Trinajstić information content (AvgIpc) is 2.82. The number of hydrogen-bond donors (Lipinski definition) is 0. The summed E-state index contributed by atoms with van der Waals surface area (Å²) >= 11 is 0. The Morgan fingerprint density at radius 2 is 2.13 bits per heavy atom. The second-order valence-electron chi connectivity index (χ2n) is 7.47. The third kappa shape index (κ3) is 2.17. The van der Waals surface area contributed by atoms with Crippen molar-refractivity contribution in [3.05, 3.63) is 41.5 Å². The van der Waals surface area contributed by atoms with Gasteiger partial charge in [0.2, 0.25) is 0 Å². The number of aryl methyl sites for hydroxylation is 1. The maximum Gasteiger partial charge on any atom is 0.308 e. The number of benzene rings is 1. The van der Waals surface area contributed by atoms with E-state index >= 15 is 0 Å². The van der Waals surface area contributed by atoms with Gasteiger partial charge in [0.25, 0.3) is 0 Å². The fraction of sp³-hybridized carbons (Fsp3) is 0.500. The Labute approximate surface area is 136 Å². The van der Waals surface area contributed by atoms with Crippen LogP contribution in [0, 0.1) is 17.3 Å². The minimum atomic E-state index is -0.276. The summed E-state index contributed by atoms with van der Waals surface area (Å²) in [6.07, 6.45) is 8.13. The molecule has 0 saturated heterocycles. The lowest BCUT2D eigenvalue weighted by molar-refractivity contribution is -0.132. The molecule has 1 aromatic rings. The number of rotatable bonds is 1. The largest absolute Gasteiger partial charge is 0.427 e. The smallest absolute Gasteiger partial charge is 0.308 e. The van der Waals surface area contributed by atoms with Crippen molar-refractivity contribution in [1.82, 2.24) is 0 Å². The Hall–Kier alpha value is -1.90. The predicted octanol–water partition coefficient (Wildman–Crippen LogP) is 3.81. The normalized spacial score (nSPS) is 34.5. The summed E-state index contributed by atoms with van der Waals surface area (Å²) in [5.74, 6) is 2.15. The molecule has 1 aromatic carbocycles. The zero-order valence-electron chi connectivity index (χ0n) is 13.7. The van der Waals surface area contributed by atoms with Crippen LogP contribution in [0.5, 0.6) is 5.75 Å². The molecule has 120 valence electrons. The monoisotopic (exact) mass is 310 g/mol. The molecule has 3 nitrogen and oxygen atoms in total. The number of esters is 1. The van der Waals surface area contributed by atoms with Gasteiger partial charge in [-0.2, -0.15) is 0 Å². The van der Waals surface area contributed by atoms with Gasteiger partial charge in [-0.05, 0) is 72.8 Å². The predicted molar refractivity (Wildman–Crippen MR) is 87.3 cm³/mol. The molecule has 4 atom stereocenters. The molecule has 1 saturated carbocycles. The lowest BCUT2D eigenvalue weighted by atomic mass is 9.55. The van der Waals surface area contributed by atoms with Gasteiger partial charge in [0.05, 0.1) is 0 Å². The molecule has 23 heavy (non-hydrogen) atoms. The van der Waals surface area contributed by atoms with Crippen molar-refractivity contribution in [2.24, 2.45) is 17.3 Å². The van der Waals surface area contributed by atoms with E-state index in [1.54, 1.807) is 0 Å². The van der Waals surface area contributed by atoms with E-state index < -0.39 is 0 Å². The first-order valence-corrected chi connectivity index (χ1v) is 8.53. The minimum Gasteiger partial charge on any atom is -0.427 e. The Kier molecular flexibility index (Phi) is 3.22. The summed E-state index contributed by atoms with van der Waals surface area (Å²) in [5.41, 5.74) is 2.53. The van der Waals surface area contributed by atoms with Gasteiger partial charge in [-0.15, -0.1) is 0 Å². The summed E-state index contributed by atoms with van der Waals surface area (Å²) in [7, 11) is 0. The highest BCUT2D eigenvalue weighted by Gasteiger charge is 2.52. The number of ketones is 1. The molecule has 1 fully saturated rings. The second-order valence-corrected chi connectivity index (χ2v) is 7.47. The van der Waals surface area contributed by atoms with E-state index in [2.05, 4.69) is 19.1 Å². The average molecular weight is 310 g/mol. The van der Waals surface area contributed by atoms with Crippen LogP contribution in [-0.2, 0) is 16.0 Å². The Morgan fingerprint density at radius 1 is 1.30 bits per heavy atom. The molecule has 4 unspecified atom stereocenters. The van der Waals surface area contributed by atoms with Crippen LogP contribution in [0.2, 0.25) is 0 Å². The summed E-state index contributed by atoms with van der Waals surface area (Å²) in [5, 5.41) is 0. The van der Waals surface area contributed by atoms with Crippen molar-refractivity contribution in [3.63, 3.8) is 0 Å². The first kappa shape index (κ1) is 14.7. The van der Waals surface area contributed by atoms with Crippen molar-refractivity contribution >= 4 is 11.8 Å². The van der Waals surface area contributed by atoms with Crippen molar-refractivity contribution < 1.29 is 14.3 Å². The van der Waals surface area contributed by atoms with Crippen LogP contribution in [0.15, 0.2) is 30.4 Å². The van der Waals surface area contributed by atoms with E-state index in [-0.39, 0.29) is 11.4 Å². The number of hydrogen-bond acceptors (Lipinski definition) is 3. The van der Waals surface area contributed by atoms with Crippen LogP contribution >= 0.6 is 0 Å². The molecule has 0 heterocycles. The van der Waals surface area contributed by atoms with Gasteiger partial charge in [-0.3, -0.25) is 9.59 Å². The van der Waals surface area contributed by atoms with Gasteiger partial charge in [-0.1, -0.05) is 19.1 Å². The van der Waals surface area contributed by atoms with Crippen molar-refractivity contribution in [1.29, 1.82) is 0 Å². The molecule has 0 radical (unpaired) electrons. The summed E-state index contributed by atoms with van der Waals surface area (Å²) < 4.78 is 5.22. The number of ether oxygens (including phenoxy) is 1. The van der Waals surface area contributed by atoms with E-state index in [0.29, 0.717) is 29.3 Å². The van der Waals surface area contributed by atoms with Gasteiger partial charge < -0.3 is 4.74 Å². The third-order valence-corrected chi connectivity index (χ3v) is 6.23. The maximum atomic E-state index is 12.3. The van der Waals surface area contributed by atoms with E-state index in [9.17, 15) is 9.59 Å². The molecule has 4 rings (SSSR count). The Bertz CT molecular complexity index is 718. The fourth-order valence-corrected chi connectivity index (χ4v) is 5.06. The van der Waals surface area contributed by atoms with Gasteiger partial charge >= 0.3 is 5.97 Å². The zero-order valence-corrected chi connectivity index (χ0v) is 13.7. The van der Waals surface area contributed by atoms with Crippen molar-refractivity contribution in [2.75, 3.05) is 0 Å². The highest BCUT2D eigenvalue weighted by Crippen LogP contribution is 2.57. The van der Waals surface area contributed by atoms with Crippen molar-refractivity contribution in [3.8, 4) is 5.75 Å². The molecular formula is C20H22O3. The SMILES string of the molecule is CC(=O)Oc1ccc2c(c1)CCC1C2CCC2(C)C(=O)C=CC12. The molecule has 3 aliphatic carbocycles. The molecular weight excluding hydrogens is 288 g/mol. The van der Waals surface area contributed by atoms with Gasteiger partial charge in [-0.25, -0.2) is 0 Å². The van der Waals surface area contributed by atoms with E-state index in [0.717, 1.165) is 25.7 Å². The zero-order chi connectivity index (χ0) is 16.2. The third-order valence-electron chi connectivity index (χ3n) is 6.23. The van der Waals surface area contributed by atoms with Crippen LogP contribution in [-0.4, -0.2) is 11.8 Å². The second kappa shape index (κ2) is 5.05. The topological polar surface area (TPSA) is 43.4 Å². The first-order chi connectivity index (χ1) is 11.0. The number of allylic oxidation sites excluding steroid dienone is 2. The summed E-state index contributed by atoms with van der Waals surface area (Å²) in [6, 6.07) is 6.07. The molecule has 0 aromatic heterocycles. The van der Waals surface area contributed by atoms with E-state index in [4.69, 9.17) is 4.74 Å². The molecule has 0 bridgehead atoms. The van der Waals surface area contributed by atoms with Gasteiger partial charge in [0.15, 0.2) is 5.78 Å². The molecule has 3 heteroatoms. The van der Waals surface area contributed by atoms with Crippen LogP contribution in [0.3, 0.4) is 0 Å². The number of carbonyl (C=O) groups is 2. The van der Waals surface area contributed by atoms with Crippen LogP contribution in [0.4, 0.5) is 0 Å². The standard InChI is InChI=1S/C20H22O3/c1-12(21)23-14-4-6-15-13(11-14)3-5-17-16(15)9-10-20(2)18(17)7-8-19(20)22/h4,6-8,11,16-18H,3,5,9-10H2,1-2H3. The van der Waals surface area contributed by atoms with Crippen LogP contribution in [0.25, 0.3) is 0 Å². The Morgan fingerprint density at radius 3 is 2.91 bits per heavy atom. The van der Waals surface area contributed by atoms with Gasteiger partial charge in [0.1, 0.15) is 5.75 Å². The molecule has 0 aliphatic heterocycles. The van der Waals surface area contributed by atoms with E-state index in [1.807, 2.05) is 18.2 Å². The molecule has 0 spiro atoms. The first-order valence-electron chi connectivity index (χ1n) is 8.53. The molecule has 0 N–H and O–H groups in total. The highest BCUT2D eigenvalue weighted by atomic mass is 16.5. The maximum absolute atomic E-state index is 12.3. The van der Waals surface area contributed by atoms with Gasteiger partial charge in [0, 0.05) is 12.3 Å². The molecule has 0 amide bonds. The Balaban J connectivity index is 1.66. The minimum absolute atomic E-state index is 0.170.